The van der Waals surface area contributed by atoms with Crippen LogP contribution in [0.25, 0.3) is 0 Å². The number of thiophene rings is 1. The van der Waals surface area contributed by atoms with Crippen LogP contribution in [0.2, 0.25) is 0 Å². The molecule has 33 heavy (non-hydrogen) atoms. The maximum atomic E-state index is 12.3. The quantitative estimate of drug-likeness (QED) is 0.337. The molecule has 0 spiro atoms. The van der Waals surface area contributed by atoms with E-state index in [1.807, 2.05) is 18.2 Å². The number of nitrogens with zero attached hydrogens (tertiary/aromatic N) is 1. The number of rotatable bonds is 9. The first-order valence-electron chi connectivity index (χ1n) is 11.3. The highest BCUT2D eigenvalue weighted by molar-refractivity contribution is 7.14. The van der Waals surface area contributed by atoms with Crippen LogP contribution in [0.4, 0.5) is 0 Å². The van der Waals surface area contributed by atoms with Crippen LogP contribution in [0.1, 0.15) is 52.7 Å². The maximum absolute atomic E-state index is 12.3. The van der Waals surface area contributed by atoms with Gasteiger partial charge >= 0.3 is 5.97 Å². The van der Waals surface area contributed by atoms with Crippen molar-refractivity contribution in [2.24, 2.45) is 5.92 Å². The van der Waals surface area contributed by atoms with Crippen LogP contribution >= 0.6 is 11.3 Å². The zero-order chi connectivity index (χ0) is 23.6. The number of aliphatic hydroxyl groups excluding tert-OH is 1. The van der Waals surface area contributed by atoms with Gasteiger partial charge in [0, 0.05) is 6.42 Å². The SMILES string of the molecule is COC(=O)c1ccc(C#CCN2C(=O)CC[C@@H]2/C=C/[C@@H](O)C(C)CCCc2ccccc2)s1. The van der Waals surface area contributed by atoms with Crippen LogP contribution in [0, 0.1) is 17.8 Å². The highest BCUT2D eigenvalue weighted by atomic mass is 32.1. The molecule has 5 nitrogen and oxygen atoms in total. The molecular formula is C27H31NO4S. The molecule has 0 radical (unpaired) electrons. The Morgan fingerprint density at radius 1 is 1.30 bits per heavy atom. The highest BCUT2D eigenvalue weighted by Gasteiger charge is 2.28. The van der Waals surface area contributed by atoms with Crippen molar-refractivity contribution >= 4 is 23.2 Å². The van der Waals surface area contributed by atoms with Gasteiger partial charge in [-0.05, 0) is 49.3 Å². The van der Waals surface area contributed by atoms with Crippen LogP contribution in [-0.2, 0) is 16.0 Å². The lowest BCUT2D eigenvalue weighted by Gasteiger charge is -2.21. The summed E-state index contributed by atoms with van der Waals surface area (Å²) in [5.74, 6) is 5.92. The monoisotopic (exact) mass is 465 g/mol. The molecule has 1 aromatic carbocycles. The molecule has 1 aromatic heterocycles. The van der Waals surface area contributed by atoms with Crippen molar-refractivity contribution in [1.29, 1.82) is 0 Å². The molecule has 1 aliphatic rings. The molecule has 1 N–H and O–H groups in total. The minimum atomic E-state index is -0.535. The van der Waals surface area contributed by atoms with E-state index in [0.717, 1.165) is 30.6 Å². The Balaban J connectivity index is 1.49. The minimum absolute atomic E-state index is 0.0491. The number of aliphatic hydroxyl groups is 1. The number of hydrogen-bond donors (Lipinski definition) is 1. The Morgan fingerprint density at radius 3 is 2.85 bits per heavy atom. The summed E-state index contributed by atoms with van der Waals surface area (Å²) in [7, 11) is 1.35. The van der Waals surface area contributed by atoms with Crippen LogP contribution in [0.15, 0.2) is 54.6 Å². The number of benzene rings is 1. The Morgan fingerprint density at radius 2 is 2.09 bits per heavy atom. The molecule has 1 aliphatic heterocycles. The number of amides is 1. The van der Waals surface area contributed by atoms with Crippen molar-refractivity contribution in [2.75, 3.05) is 13.7 Å². The molecule has 6 heteroatoms. The third-order valence-corrected chi connectivity index (χ3v) is 6.89. The van der Waals surface area contributed by atoms with Gasteiger partial charge in [-0.2, -0.15) is 0 Å². The summed E-state index contributed by atoms with van der Waals surface area (Å²) >= 11 is 1.27. The first-order valence-corrected chi connectivity index (χ1v) is 12.2. The van der Waals surface area contributed by atoms with Gasteiger partial charge in [0.25, 0.3) is 0 Å². The summed E-state index contributed by atoms with van der Waals surface area (Å²) in [4.78, 5) is 26.9. The molecular weight excluding hydrogens is 434 g/mol. The fourth-order valence-corrected chi connectivity index (χ4v) is 4.66. The average molecular weight is 466 g/mol. The van der Waals surface area contributed by atoms with Gasteiger partial charge in [-0.25, -0.2) is 4.79 Å². The molecule has 1 amide bonds. The summed E-state index contributed by atoms with van der Waals surface area (Å²) in [6, 6.07) is 13.8. The van der Waals surface area contributed by atoms with Gasteiger partial charge in [0.1, 0.15) is 4.88 Å². The van der Waals surface area contributed by atoms with Gasteiger partial charge in [0.15, 0.2) is 0 Å². The lowest BCUT2D eigenvalue weighted by molar-refractivity contribution is -0.127. The summed E-state index contributed by atoms with van der Waals surface area (Å²) in [6.07, 6.45) is 7.45. The van der Waals surface area contributed by atoms with E-state index in [2.05, 4.69) is 43.0 Å². The van der Waals surface area contributed by atoms with E-state index < -0.39 is 6.10 Å². The Kier molecular flexibility index (Phi) is 9.29. The number of aryl methyl sites for hydroxylation is 1. The van der Waals surface area contributed by atoms with E-state index in [0.29, 0.717) is 17.8 Å². The van der Waals surface area contributed by atoms with E-state index in [9.17, 15) is 14.7 Å². The summed E-state index contributed by atoms with van der Waals surface area (Å²) in [5.41, 5.74) is 1.32. The van der Waals surface area contributed by atoms with Gasteiger partial charge in [0.2, 0.25) is 5.91 Å². The molecule has 0 bridgehead atoms. The van der Waals surface area contributed by atoms with E-state index >= 15 is 0 Å². The molecule has 3 rings (SSSR count). The first kappa shape index (κ1) is 24.8. The van der Waals surface area contributed by atoms with Crippen LogP contribution in [0.5, 0.6) is 0 Å². The first-order chi connectivity index (χ1) is 16.0. The second-order valence-corrected chi connectivity index (χ2v) is 9.40. The standard InChI is InChI=1S/C27H31NO4S/c1-20(8-6-11-21-9-4-3-5-10-21)24(29)16-13-22-14-18-26(30)28(22)19-7-12-23-15-17-25(33-23)27(31)32-2/h3-5,9-10,13,15-17,20,22,24,29H,6,8,11,14,18-19H2,1-2H3/b16-13+/t20?,22-,24+/m0/s1. The topological polar surface area (TPSA) is 66.8 Å². The van der Waals surface area contributed by atoms with Gasteiger partial charge in [-0.3, -0.25) is 4.79 Å². The number of methoxy groups -OCH3 is 1. The van der Waals surface area contributed by atoms with Crippen LogP contribution in [-0.4, -0.2) is 47.7 Å². The second-order valence-electron chi connectivity index (χ2n) is 8.32. The number of carbonyl (C=O) groups is 2. The third-order valence-electron chi connectivity index (χ3n) is 5.91. The average Bonchev–Trinajstić information content (AvgIpc) is 3.44. The van der Waals surface area contributed by atoms with Gasteiger partial charge in [-0.15, -0.1) is 11.3 Å². The van der Waals surface area contributed by atoms with Gasteiger partial charge in [0.05, 0.1) is 30.7 Å². The van der Waals surface area contributed by atoms with Gasteiger partial charge < -0.3 is 14.7 Å². The van der Waals surface area contributed by atoms with Crippen molar-refractivity contribution in [1.82, 2.24) is 4.90 Å². The number of hydrogen-bond acceptors (Lipinski definition) is 5. The van der Waals surface area contributed by atoms with Crippen molar-refractivity contribution in [2.45, 2.75) is 51.2 Å². The van der Waals surface area contributed by atoms with Crippen molar-refractivity contribution in [3.63, 3.8) is 0 Å². The van der Waals surface area contributed by atoms with E-state index in [1.165, 1.54) is 24.0 Å². The molecule has 2 aromatic rings. The lowest BCUT2D eigenvalue weighted by Crippen LogP contribution is -2.32. The number of carbonyl (C=O) groups excluding carboxylic acids is 2. The van der Waals surface area contributed by atoms with Crippen molar-refractivity contribution in [3.8, 4) is 11.8 Å². The molecule has 1 fully saturated rings. The van der Waals surface area contributed by atoms with E-state index in [1.54, 1.807) is 17.0 Å². The number of esters is 1. The maximum Gasteiger partial charge on any atom is 0.348 e. The zero-order valence-electron chi connectivity index (χ0n) is 19.2. The van der Waals surface area contributed by atoms with Crippen LogP contribution in [0.3, 0.4) is 0 Å². The number of likely N-dealkylation sites (tertiary alicyclic amines) is 1. The van der Waals surface area contributed by atoms with Crippen molar-refractivity contribution < 1.29 is 19.4 Å². The molecule has 3 atom stereocenters. The summed E-state index contributed by atoms with van der Waals surface area (Å²) < 4.78 is 4.71. The second kappa shape index (κ2) is 12.4. The Labute approximate surface area is 200 Å². The lowest BCUT2D eigenvalue weighted by atomic mass is 9.95. The molecule has 0 saturated carbocycles. The number of ether oxygens (including phenoxy) is 1. The molecule has 174 valence electrons. The Bertz CT molecular complexity index is 1020. The normalized spacial score (nSPS) is 17.6. The molecule has 1 saturated heterocycles. The summed E-state index contributed by atoms with van der Waals surface area (Å²) in [5, 5.41) is 10.6. The predicted octanol–water partition coefficient (Wildman–Crippen LogP) is 4.45. The summed E-state index contributed by atoms with van der Waals surface area (Å²) in [6.45, 7) is 2.38. The molecule has 1 unspecified atom stereocenters. The van der Waals surface area contributed by atoms with Crippen molar-refractivity contribution in [3.05, 3.63) is 69.9 Å². The van der Waals surface area contributed by atoms with E-state index in [-0.39, 0.29) is 23.8 Å². The van der Waals surface area contributed by atoms with Gasteiger partial charge in [-0.1, -0.05) is 61.2 Å². The third kappa shape index (κ3) is 7.31. The smallest absolute Gasteiger partial charge is 0.348 e. The highest BCUT2D eigenvalue weighted by Crippen LogP contribution is 2.21. The largest absolute Gasteiger partial charge is 0.465 e. The fourth-order valence-electron chi connectivity index (χ4n) is 3.86. The predicted molar refractivity (Wildman–Crippen MR) is 131 cm³/mol. The van der Waals surface area contributed by atoms with Crippen LogP contribution < -0.4 is 0 Å². The fraction of sp³-hybridized carbons (Fsp3) is 0.407. The zero-order valence-corrected chi connectivity index (χ0v) is 20.0. The molecule has 2 heterocycles. The van der Waals surface area contributed by atoms with E-state index in [4.69, 9.17) is 4.74 Å². The Hall–Kier alpha value is -2.88. The minimum Gasteiger partial charge on any atom is -0.465 e. The molecule has 0 aliphatic carbocycles.